The number of fused-ring (bicyclic) bond motifs is 1. The van der Waals surface area contributed by atoms with Crippen molar-refractivity contribution < 1.29 is 9.15 Å². The summed E-state index contributed by atoms with van der Waals surface area (Å²) in [5.41, 5.74) is 1.76. The van der Waals surface area contributed by atoms with Crippen molar-refractivity contribution in [3.05, 3.63) is 48.4 Å². The average Bonchev–Trinajstić information content (AvgIpc) is 3.06. The molecule has 1 aromatic carbocycles. The molecule has 0 N–H and O–H groups in total. The Balaban J connectivity index is 2.10. The molecule has 5 nitrogen and oxygen atoms in total. The van der Waals surface area contributed by atoms with Gasteiger partial charge >= 0.3 is 0 Å². The minimum atomic E-state index is -0.377. The Kier molecular flexibility index (Phi) is 2.82. The Labute approximate surface area is 104 Å². The molecule has 0 amide bonds. The van der Waals surface area contributed by atoms with Crippen LogP contribution in [0.5, 0.6) is 0 Å². The minimum Gasteiger partial charge on any atom is -0.464 e. The van der Waals surface area contributed by atoms with Gasteiger partial charge in [-0.3, -0.25) is 0 Å². The highest BCUT2D eigenvalue weighted by atomic mass is 16.5. The summed E-state index contributed by atoms with van der Waals surface area (Å²) >= 11 is 0. The average molecular weight is 243 g/mol. The molecule has 3 aromatic rings. The summed E-state index contributed by atoms with van der Waals surface area (Å²) in [7, 11) is 0. The van der Waals surface area contributed by atoms with Gasteiger partial charge < -0.3 is 9.15 Å². The Morgan fingerprint density at radius 1 is 1.28 bits per heavy atom. The number of para-hydroxylation sites is 1. The van der Waals surface area contributed by atoms with E-state index < -0.39 is 0 Å². The normalized spacial score (nSPS) is 12.9. The van der Waals surface area contributed by atoms with Gasteiger partial charge in [0.05, 0.1) is 11.8 Å². The lowest BCUT2D eigenvalue weighted by Crippen LogP contribution is -2.15. The monoisotopic (exact) mass is 243 g/mol. The maximum atomic E-state index is 5.71. The smallest absolute Gasteiger partial charge is 0.210 e. The van der Waals surface area contributed by atoms with Gasteiger partial charge in [-0.05, 0) is 31.2 Å². The highest BCUT2D eigenvalue weighted by Crippen LogP contribution is 2.23. The first-order valence-electron chi connectivity index (χ1n) is 5.85. The van der Waals surface area contributed by atoms with Crippen LogP contribution >= 0.6 is 0 Å². The summed E-state index contributed by atoms with van der Waals surface area (Å²) in [5, 5.41) is 8.27. The molecule has 1 unspecified atom stereocenters. The Hall–Kier alpha value is -2.14. The molecule has 0 aliphatic heterocycles. The maximum Gasteiger partial charge on any atom is 0.210 e. The summed E-state index contributed by atoms with van der Waals surface area (Å²) in [6.45, 7) is 2.51. The third-order valence-electron chi connectivity index (χ3n) is 2.71. The molecule has 0 spiro atoms. The molecule has 5 heteroatoms. The number of furan rings is 1. The number of ether oxygens (including phenoxy) is 1. The van der Waals surface area contributed by atoms with Crippen LogP contribution in [0.1, 0.15) is 18.9 Å². The molecular formula is C13H13N3O2. The standard InChI is InChI=1S/C13H13N3O2/c1-2-17-13(12-8-5-9-18-12)16-11-7-4-3-6-10(11)14-15-16/h3-9,13H,2H2,1H3. The van der Waals surface area contributed by atoms with Crippen molar-refractivity contribution in [1.82, 2.24) is 15.0 Å². The zero-order valence-corrected chi connectivity index (χ0v) is 9.98. The highest BCUT2D eigenvalue weighted by Gasteiger charge is 2.20. The van der Waals surface area contributed by atoms with E-state index in [1.165, 1.54) is 0 Å². The second kappa shape index (κ2) is 4.62. The second-order valence-electron chi connectivity index (χ2n) is 3.85. The van der Waals surface area contributed by atoms with Crippen molar-refractivity contribution in [2.45, 2.75) is 13.2 Å². The minimum absolute atomic E-state index is 0.377. The van der Waals surface area contributed by atoms with Crippen LogP contribution in [0.4, 0.5) is 0 Å². The fourth-order valence-corrected chi connectivity index (χ4v) is 1.92. The third kappa shape index (κ3) is 1.78. The first-order valence-corrected chi connectivity index (χ1v) is 5.85. The van der Waals surface area contributed by atoms with E-state index >= 15 is 0 Å². The first-order chi connectivity index (χ1) is 8.90. The fourth-order valence-electron chi connectivity index (χ4n) is 1.92. The molecule has 2 aromatic heterocycles. The van der Waals surface area contributed by atoms with Crippen molar-refractivity contribution in [1.29, 1.82) is 0 Å². The second-order valence-corrected chi connectivity index (χ2v) is 3.85. The van der Waals surface area contributed by atoms with Gasteiger partial charge in [0.2, 0.25) is 6.23 Å². The quantitative estimate of drug-likeness (QED) is 0.706. The molecule has 0 radical (unpaired) electrons. The molecule has 0 fully saturated rings. The van der Waals surface area contributed by atoms with Crippen molar-refractivity contribution in [2.75, 3.05) is 6.61 Å². The van der Waals surface area contributed by atoms with Crippen LogP contribution in [-0.2, 0) is 4.74 Å². The van der Waals surface area contributed by atoms with E-state index in [9.17, 15) is 0 Å². The van der Waals surface area contributed by atoms with Crippen LogP contribution in [-0.4, -0.2) is 21.6 Å². The van der Waals surface area contributed by atoms with Crippen molar-refractivity contribution in [3.63, 3.8) is 0 Å². The lowest BCUT2D eigenvalue weighted by molar-refractivity contribution is 0.0189. The maximum absolute atomic E-state index is 5.71. The van der Waals surface area contributed by atoms with Crippen molar-refractivity contribution in [3.8, 4) is 0 Å². The van der Waals surface area contributed by atoms with Gasteiger partial charge in [-0.2, -0.15) is 0 Å². The molecule has 0 aliphatic rings. The molecule has 0 bridgehead atoms. The predicted octanol–water partition coefficient (Wildman–Crippen LogP) is 2.61. The Morgan fingerprint density at radius 2 is 2.17 bits per heavy atom. The first kappa shape index (κ1) is 11.0. The zero-order valence-electron chi connectivity index (χ0n) is 9.98. The number of hydrogen-bond donors (Lipinski definition) is 0. The largest absolute Gasteiger partial charge is 0.464 e. The van der Waals surface area contributed by atoms with Gasteiger partial charge in [0.1, 0.15) is 5.52 Å². The number of benzene rings is 1. The number of nitrogens with zero attached hydrogens (tertiary/aromatic N) is 3. The third-order valence-corrected chi connectivity index (χ3v) is 2.71. The van der Waals surface area contributed by atoms with Crippen LogP contribution < -0.4 is 0 Å². The van der Waals surface area contributed by atoms with Gasteiger partial charge in [-0.15, -0.1) is 5.10 Å². The van der Waals surface area contributed by atoms with E-state index in [1.807, 2.05) is 43.3 Å². The molecule has 0 aliphatic carbocycles. The molecule has 92 valence electrons. The van der Waals surface area contributed by atoms with E-state index in [4.69, 9.17) is 9.15 Å². The van der Waals surface area contributed by atoms with Crippen LogP contribution in [0.15, 0.2) is 47.1 Å². The van der Waals surface area contributed by atoms with Crippen LogP contribution in [0.3, 0.4) is 0 Å². The fraction of sp³-hybridized carbons (Fsp3) is 0.231. The summed E-state index contributed by atoms with van der Waals surface area (Å²) in [6.07, 6.45) is 1.25. The van der Waals surface area contributed by atoms with Crippen LogP contribution in [0.2, 0.25) is 0 Å². The molecular weight excluding hydrogens is 230 g/mol. The van der Waals surface area contributed by atoms with Gasteiger partial charge in [-0.25, -0.2) is 4.68 Å². The lowest BCUT2D eigenvalue weighted by Gasteiger charge is -2.15. The molecule has 2 heterocycles. The Morgan fingerprint density at radius 3 is 2.94 bits per heavy atom. The molecule has 3 rings (SSSR count). The van der Waals surface area contributed by atoms with E-state index in [1.54, 1.807) is 10.9 Å². The van der Waals surface area contributed by atoms with Crippen molar-refractivity contribution in [2.24, 2.45) is 0 Å². The number of aromatic nitrogens is 3. The summed E-state index contributed by atoms with van der Waals surface area (Å²) in [6, 6.07) is 11.5. The van der Waals surface area contributed by atoms with E-state index in [0.717, 1.165) is 11.0 Å². The van der Waals surface area contributed by atoms with Gasteiger partial charge in [0.15, 0.2) is 5.76 Å². The predicted molar refractivity (Wildman–Crippen MR) is 66.0 cm³/mol. The van der Waals surface area contributed by atoms with Gasteiger partial charge in [-0.1, -0.05) is 17.3 Å². The number of hydrogen-bond acceptors (Lipinski definition) is 4. The molecule has 18 heavy (non-hydrogen) atoms. The summed E-state index contributed by atoms with van der Waals surface area (Å²) < 4.78 is 12.8. The number of rotatable bonds is 4. The summed E-state index contributed by atoms with van der Waals surface area (Å²) in [5.74, 6) is 0.715. The topological polar surface area (TPSA) is 53.1 Å². The summed E-state index contributed by atoms with van der Waals surface area (Å²) in [4.78, 5) is 0. The SMILES string of the molecule is CCOC(c1ccco1)n1nnc2ccccc21. The lowest BCUT2D eigenvalue weighted by atomic mass is 10.3. The van der Waals surface area contributed by atoms with E-state index in [-0.39, 0.29) is 6.23 Å². The molecule has 0 saturated carbocycles. The Bertz CT molecular complexity index is 631. The molecule has 0 saturated heterocycles. The highest BCUT2D eigenvalue weighted by molar-refractivity contribution is 5.74. The zero-order chi connectivity index (χ0) is 12.4. The van der Waals surface area contributed by atoms with Crippen LogP contribution in [0, 0.1) is 0 Å². The van der Waals surface area contributed by atoms with Gasteiger partial charge in [0.25, 0.3) is 0 Å². The van der Waals surface area contributed by atoms with Crippen LogP contribution in [0.25, 0.3) is 11.0 Å². The van der Waals surface area contributed by atoms with E-state index in [0.29, 0.717) is 12.4 Å². The van der Waals surface area contributed by atoms with Gasteiger partial charge in [0, 0.05) is 6.61 Å². The van der Waals surface area contributed by atoms with E-state index in [2.05, 4.69) is 10.3 Å². The van der Waals surface area contributed by atoms with Crippen molar-refractivity contribution >= 4 is 11.0 Å². The molecule has 1 atom stereocenters.